The fourth-order valence-electron chi connectivity index (χ4n) is 2.58. The Kier molecular flexibility index (Phi) is 4.48. The van der Waals surface area contributed by atoms with Gasteiger partial charge in [0.25, 0.3) is 0 Å². The Labute approximate surface area is 129 Å². The van der Waals surface area contributed by atoms with E-state index in [4.69, 9.17) is 0 Å². The number of nitrogens with zero attached hydrogens (tertiary/aromatic N) is 3. The second-order valence-corrected chi connectivity index (χ2v) is 5.17. The SMILES string of the molecule is O=C(CN1CCc2ccccc21)NCCNc1cnccn1. The highest BCUT2D eigenvalue weighted by Crippen LogP contribution is 2.26. The number of benzene rings is 1. The van der Waals surface area contributed by atoms with Gasteiger partial charge in [0.1, 0.15) is 5.82 Å². The number of hydrogen-bond donors (Lipinski definition) is 2. The van der Waals surface area contributed by atoms with Crippen LogP contribution >= 0.6 is 0 Å². The van der Waals surface area contributed by atoms with E-state index < -0.39 is 0 Å². The molecule has 1 aliphatic rings. The molecule has 2 aromatic rings. The normalized spacial score (nSPS) is 12.8. The maximum atomic E-state index is 12.0. The lowest BCUT2D eigenvalue weighted by Gasteiger charge is -2.18. The van der Waals surface area contributed by atoms with Crippen LogP contribution in [-0.2, 0) is 11.2 Å². The predicted molar refractivity (Wildman–Crippen MR) is 85.9 cm³/mol. The van der Waals surface area contributed by atoms with Gasteiger partial charge in [-0.15, -0.1) is 0 Å². The molecule has 1 aliphatic heterocycles. The predicted octanol–water partition coefficient (Wildman–Crippen LogP) is 1.07. The van der Waals surface area contributed by atoms with Crippen LogP contribution in [0, 0.1) is 0 Å². The van der Waals surface area contributed by atoms with Crippen molar-refractivity contribution in [1.82, 2.24) is 15.3 Å². The molecule has 0 spiro atoms. The first-order valence-electron chi connectivity index (χ1n) is 7.42. The van der Waals surface area contributed by atoms with Crippen molar-refractivity contribution in [3.8, 4) is 0 Å². The fraction of sp³-hybridized carbons (Fsp3) is 0.312. The van der Waals surface area contributed by atoms with Gasteiger partial charge >= 0.3 is 0 Å². The summed E-state index contributed by atoms with van der Waals surface area (Å²) >= 11 is 0. The highest BCUT2D eigenvalue weighted by atomic mass is 16.2. The van der Waals surface area contributed by atoms with Crippen molar-refractivity contribution in [2.75, 3.05) is 36.4 Å². The van der Waals surface area contributed by atoms with E-state index in [-0.39, 0.29) is 5.91 Å². The number of fused-ring (bicyclic) bond motifs is 1. The molecule has 0 aliphatic carbocycles. The Morgan fingerprint density at radius 3 is 3.00 bits per heavy atom. The Bertz CT molecular complexity index is 631. The molecule has 3 rings (SSSR count). The van der Waals surface area contributed by atoms with Gasteiger partial charge in [0.05, 0.1) is 12.7 Å². The molecule has 0 radical (unpaired) electrons. The average Bonchev–Trinajstić information content (AvgIpc) is 2.96. The number of nitrogens with one attached hydrogen (secondary N) is 2. The molecule has 0 unspecified atom stereocenters. The zero-order valence-corrected chi connectivity index (χ0v) is 12.3. The van der Waals surface area contributed by atoms with Crippen LogP contribution in [0.1, 0.15) is 5.56 Å². The Balaban J connectivity index is 1.40. The molecule has 0 saturated carbocycles. The first-order chi connectivity index (χ1) is 10.8. The van der Waals surface area contributed by atoms with Crippen LogP contribution in [0.15, 0.2) is 42.9 Å². The summed E-state index contributed by atoms with van der Waals surface area (Å²) in [7, 11) is 0. The molecule has 0 atom stereocenters. The van der Waals surface area contributed by atoms with Crippen molar-refractivity contribution in [3.05, 3.63) is 48.4 Å². The lowest BCUT2D eigenvalue weighted by atomic mass is 10.2. The van der Waals surface area contributed by atoms with Crippen LogP contribution in [0.3, 0.4) is 0 Å². The topological polar surface area (TPSA) is 70.2 Å². The number of para-hydroxylation sites is 1. The minimum absolute atomic E-state index is 0.0395. The Morgan fingerprint density at radius 2 is 2.14 bits per heavy atom. The van der Waals surface area contributed by atoms with Crippen molar-refractivity contribution in [3.63, 3.8) is 0 Å². The van der Waals surface area contributed by atoms with Crippen LogP contribution in [0.25, 0.3) is 0 Å². The monoisotopic (exact) mass is 297 g/mol. The zero-order chi connectivity index (χ0) is 15.2. The van der Waals surface area contributed by atoms with E-state index in [1.807, 2.05) is 12.1 Å². The first kappa shape index (κ1) is 14.3. The molecule has 2 N–H and O–H groups in total. The van der Waals surface area contributed by atoms with Crippen LogP contribution in [0.2, 0.25) is 0 Å². The van der Waals surface area contributed by atoms with Crippen molar-refractivity contribution < 1.29 is 4.79 Å². The smallest absolute Gasteiger partial charge is 0.239 e. The van der Waals surface area contributed by atoms with Gasteiger partial charge in [-0.1, -0.05) is 18.2 Å². The second kappa shape index (κ2) is 6.89. The van der Waals surface area contributed by atoms with E-state index in [1.54, 1.807) is 18.6 Å². The molecule has 22 heavy (non-hydrogen) atoms. The second-order valence-electron chi connectivity index (χ2n) is 5.17. The van der Waals surface area contributed by atoms with Gasteiger partial charge < -0.3 is 15.5 Å². The van der Waals surface area contributed by atoms with Gasteiger partial charge in [0.15, 0.2) is 0 Å². The Morgan fingerprint density at radius 1 is 1.23 bits per heavy atom. The van der Waals surface area contributed by atoms with Crippen LogP contribution < -0.4 is 15.5 Å². The lowest BCUT2D eigenvalue weighted by molar-refractivity contribution is -0.119. The standard InChI is InChI=1S/C16H19N5O/c22-16(20-9-8-19-15-11-17-6-7-18-15)12-21-10-5-13-3-1-2-4-14(13)21/h1-4,6-7,11H,5,8-10,12H2,(H,18,19)(H,20,22). The van der Waals surface area contributed by atoms with E-state index in [0.717, 1.165) is 13.0 Å². The van der Waals surface area contributed by atoms with Crippen molar-refractivity contribution >= 4 is 17.4 Å². The van der Waals surface area contributed by atoms with Crippen LogP contribution in [-0.4, -0.2) is 42.1 Å². The minimum atomic E-state index is 0.0395. The summed E-state index contributed by atoms with van der Waals surface area (Å²) in [6, 6.07) is 8.25. The third kappa shape index (κ3) is 3.52. The van der Waals surface area contributed by atoms with Gasteiger partial charge in [-0.25, -0.2) is 4.98 Å². The Hall–Kier alpha value is -2.63. The fourth-order valence-corrected chi connectivity index (χ4v) is 2.58. The van der Waals surface area contributed by atoms with Crippen LogP contribution in [0.4, 0.5) is 11.5 Å². The van der Waals surface area contributed by atoms with Crippen molar-refractivity contribution in [1.29, 1.82) is 0 Å². The van der Waals surface area contributed by atoms with Crippen molar-refractivity contribution in [2.24, 2.45) is 0 Å². The molecule has 0 saturated heterocycles. The molecule has 114 valence electrons. The van der Waals surface area contributed by atoms with Crippen LogP contribution in [0.5, 0.6) is 0 Å². The highest BCUT2D eigenvalue weighted by molar-refractivity contribution is 5.82. The summed E-state index contributed by atoms with van der Waals surface area (Å²) in [6.45, 7) is 2.50. The van der Waals surface area contributed by atoms with E-state index >= 15 is 0 Å². The summed E-state index contributed by atoms with van der Waals surface area (Å²) < 4.78 is 0. The maximum Gasteiger partial charge on any atom is 0.239 e. The molecule has 1 aromatic carbocycles. The summed E-state index contributed by atoms with van der Waals surface area (Å²) in [5.74, 6) is 0.753. The third-order valence-electron chi connectivity index (χ3n) is 3.63. The number of anilines is 2. The van der Waals surface area contributed by atoms with Crippen molar-refractivity contribution in [2.45, 2.75) is 6.42 Å². The number of aromatic nitrogens is 2. The number of carbonyl (C=O) groups excluding carboxylic acids is 1. The molecule has 2 heterocycles. The van der Waals surface area contributed by atoms with Gasteiger partial charge in [0, 0.05) is 37.7 Å². The van der Waals surface area contributed by atoms with E-state index in [9.17, 15) is 4.79 Å². The van der Waals surface area contributed by atoms with E-state index in [1.165, 1.54) is 11.3 Å². The summed E-state index contributed by atoms with van der Waals surface area (Å²) in [6.07, 6.45) is 5.92. The van der Waals surface area contributed by atoms with E-state index in [2.05, 4.69) is 37.6 Å². The minimum Gasteiger partial charge on any atom is -0.367 e. The average molecular weight is 297 g/mol. The molecular formula is C16H19N5O. The number of rotatable bonds is 6. The maximum absolute atomic E-state index is 12.0. The molecule has 6 heteroatoms. The van der Waals surface area contributed by atoms with Gasteiger partial charge in [0.2, 0.25) is 5.91 Å². The van der Waals surface area contributed by atoms with Gasteiger partial charge in [-0.3, -0.25) is 9.78 Å². The molecule has 1 amide bonds. The molecule has 0 bridgehead atoms. The third-order valence-corrected chi connectivity index (χ3v) is 3.63. The number of carbonyl (C=O) groups is 1. The van der Waals surface area contributed by atoms with Gasteiger partial charge in [-0.05, 0) is 18.1 Å². The lowest BCUT2D eigenvalue weighted by Crippen LogP contribution is -2.38. The summed E-state index contributed by atoms with van der Waals surface area (Å²) in [5.41, 5.74) is 2.50. The largest absolute Gasteiger partial charge is 0.367 e. The quantitative estimate of drug-likeness (QED) is 0.781. The number of amides is 1. The molecule has 1 aromatic heterocycles. The molecule has 0 fully saturated rings. The number of hydrogen-bond acceptors (Lipinski definition) is 5. The first-order valence-corrected chi connectivity index (χ1v) is 7.42. The zero-order valence-electron chi connectivity index (χ0n) is 12.3. The van der Waals surface area contributed by atoms with E-state index in [0.29, 0.717) is 25.5 Å². The molecule has 6 nitrogen and oxygen atoms in total. The molecular weight excluding hydrogens is 278 g/mol. The van der Waals surface area contributed by atoms with Gasteiger partial charge in [-0.2, -0.15) is 0 Å². The summed E-state index contributed by atoms with van der Waals surface area (Å²) in [4.78, 5) is 22.2. The highest BCUT2D eigenvalue weighted by Gasteiger charge is 2.19. The summed E-state index contributed by atoms with van der Waals surface area (Å²) in [5, 5.41) is 6.03.